The Kier molecular flexibility index (Phi) is 3.64. The van der Waals surface area contributed by atoms with Gasteiger partial charge in [-0.05, 0) is 12.1 Å². The van der Waals surface area contributed by atoms with Crippen LogP contribution in [0, 0.1) is 0 Å². The van der Waals surface area contributed by atoms with Crippen molar-refractivity contribution in [2.45, 2.75) is 0 Å². The third-order valence-corrected chi connectivity index (χ3v) is 2.87. The van der Waals surface area contributed by atoms with E-state index in [9.17, 15) is 5.11 Å². The highest BCUT2D eigenvalue weighted by atomic mass is 16.3. The quantitative estimate of drug-likeness (QED) is 0.726. The summed E-state index contributed by atoms with van der Waals surface area (Å²) in [6, 6.07) is 18.6. The van der Waals surface area contributed by atoms with Gasteiger partial charge in [0, 0.05) is 5.56 Å². The number of hydrogen-bond acceptors (Lipinski definition) is 5. The predicted molar refractivity (Wildman–Crippen MR) is 79.8 cm³/mol. The molecule has 2 aromatic carbocycles. The summed E-state index contributed by atoms with van der Waals surface area (Å²) >= 11 is 0. The van der Waals surface area contributed by atoms with Gasteiger partial charge in [-0.3, -0.25) is 0 Å². The van der Waals surface area contributed by atoms with E-state index >= 15 is 0 Å². The van der Waals surface area contributed by atoms with Crippen molar-refractivity contribution in [2.75, 3.05) is 0 Å². The van der Waals surface area contributed by atoms with Gasteiger partial charge < -0.3 is 5.11 Å². The van der Waals surface area contributed by atoms with E-state index in [0.717, 1.165) is 5.56 Å². The molecule has 0 saturated carbocycles. The molecule has 5 heteroatoms. The molecule has 3 rings (SSSR count). The van der Waals surface area contributed by atoms with Crippen molar-refractivity contribution >= 4 is 11.5 Å². The zero-order valence-electron chi connectivity index (χ0n) is 11.1. The molecule has 0 bridgehead atoms. The molecule has 0 amide bonds. The van der Waals surface area contributed by atoms with E-state index in [1.165, 1.54) is 6.33 Å². The van der Waals surface area contributed by atoms with Gasteiger partial charge in [-0.15, -0.1) is 10.2 Å². The van der Waals surface area contributed by atoms with Crippen molar-refractivity contribution in [3.63, 3.8) is 0 Å². The number of benzene rings is 2. The Morgan fingerprint density at radius 1 is 0.762 bits per heavy atom. The lowest BCUT2D eigenvalue weighted by atomic mass is 10.1. The van der Waals surface area contributed by atoms with Crippen LogP contribution in [-0.2, 0) is 0 Å². The first-order chi connectivity index (χ1) is 10.3. The topological polar surface area (TPSA) is 70.7 Å². The molecule has 0 saturated heterocycles. The number of nitrogens with zero attached hydrogens (tertiary/aromatic N) is 4. The largest absolute Gasteiger partial charge is 0.503 e. The first-order valence-electron chi connectivity index (χ1n) is 6.41. The van der Waals surface area contributed by atoms with Crippen LogP contribution in [0.1, 0.15) is 0 Å². The molecule has 0 aliphatic heterocycles. The number of aromatic hydroxyl groups is 1. The maximum atomic E-state index is 10.2. The van der Waals surface area contributed by atoms with E-state index in [1.807, 2.05) is 60.7 Å². The molecule has 5 nitrogen and oxygen atoms in total. The van der Waals surface area contributed by atoms with Crippen molar-refractivity contribution < 1.29 is 5.11 Å². The van der Waals surface area contributed by atoms with Gasteiger partial charge in [-0.1, -0.05) is 48.5 Å². The Morgan fingerprint density at radius 2 is 1.43 bits per heavy atom. The van der Waals surface area contributed by atoms with Crippen LogP contribution in [0.3, 0.4) is 0 Å². The van der Waals surface area contributed by atoms with Crippen LogP contribution in [0.15, 0.2) is 77.2 Å². The van der Waals surface area contributed by atoms with Crippen LogP contribution < -0.4 is 0 Å². The molecule has 0 fully saturated rings. The average molecular weight is 276 g/mol. The maximum absolute atomic E-state index is 10.2. The Balaban J connectivity index is 1.96. The summed E-state index contributed by atoms with van der Waals surface area (Å²) in [7, 11) is 0. The fourth-order valence-corrected chi connectivity index (χ4v) is 1.85. The Bertz CT molecular complexity index is 758. The molecule has 102 valence electrons. The minimum Gasteiger partial charge on any atom is -0.503 e. The van der Waals surface area contributed by atoms with Gasteiger partial charge >= 0.3 is 0 Å². The minimum atomic E-state index is -0.0802. The zero-order valence-corrected chi connectivity index (χ0v) is 11.1. The van der Waals surface area contributed by atoms with Crippen molar-refractivity contribution in [1.29, 1.82) is 0 Å². The highest BCUT2D eigenvalue weighted by Gasteiger charge is 2.11. The summed E-state index contributed by atoms with van der Waals surface area (Å²) in [5, 5.41) is 18.3. The van der Waals surface area contributed by atoms with E-state index in [-0.39, 0.29) is 11.6 Å². The Labute approximate surface area is 121 Å². The maximum Gasteiger partial charge on any atom is 0.220 e. The molecular formula is C16H12N4O. The Morgan fingerprint density at radius 3 is 2.14 bits per heavy atom. The van der Waals surface area contributed by atoms with Crippen molar-refractivity contribution in [3.05, 3.63) is 67.0 Å². The van der Waals surface area contributed by atoms with Gasteiger partial charge in [0.05, 0.1) is 5.69 Å². The fourth-order valence-electron chi connectivity index (χ4n) is 1.85. The van der Waals surface area contributed by atoms with Crippen molar-refractivity contribution in [3.8, 4) is 17.0 Å². The van der Waals surface area contributed by atoms with E-state index < -0.39 is 0 Å². The predicted octanol–water partition coefficient (Wildman–Crippen LogP) is 4.26. The number of aromatic nitrogens is 2. The monoisotopic (exact) mass is 276 g/mol. The van der Waals surface area contributed by atoms with Crippen LogP contribution in [0.25, 0.3) is 11.3 Å². The van der Waals surface area contributed by atoms with Gasteiger partial charge in [0.2, 0.25) is 5.82 Å². The molecule has 0 atom stereocenters. The zero-order chi connectivity index (χ0) is 14.5. The standard InChI is InChI=1S/C16H12N4O/c21-15-14(12-7-3-1-4-8-12)17-11-18-16(15)20-19-13-9-5-2-6-10-13/h1-11,21H. The number of rotatable bonds is 3. The molecule has 1 aromatic heterocycles. The molecule has 21 heavy (non-hydrogen) atoms. The lowest BCUT2D eigenvalue weighted by molar-refractivity contribution is 0.473. The molecule has 0 aliphatic carbocycles. The minimum absolute atomic E-state index is 0.0802. The summed E-state index contributed by atoms with van der Waals surface area (Å²) in [6.07, 6.45) is 1.36. The fraction of sp³-hybridized carbons (Fsp3) is 0. The van der Waals surface area contributed by atoms with E-state index in [4.69, 9.17) is 0 Å². The number of azo groups is 1. The van der Waals surface area contributed by atoms with E-state index in [1.54, 1.807) is 0 Å². The van der Waals surface area contributed by atoms with Crippen LogP contribution >= 0.6 is 0 Å². The smallest absolute Gasteiger partial charge is 0.220 e. The summed E-state index contributed by atoms with van der Waals surface area (Å²) < 4.78 is 0. The second kappa shape index (κ2) is 5.92. The molecule has 0 aliphatic rings. The summed E-state index contributed by atoms with van der Waals surface area (Å²) in [5.41, 5.74) is 1.93. The molecule has 1 N–H and O–H groups in total. The second-order valence-electron chi connectivity index (χ2n) is 4.30. The van der Waals surface area contributed by atoms with Gasteiger partial charge in [0.25, 0.3) is 0 Å². The van der Waals surface area contributed by atoms with Crippen LogP contribution in [-0.4, -0.2) is 15.1 Å². The third kappa shape index (κ3) is 2.92. The molecule has 3 aromatic rings. The van der Waals surface area contributed by atoms with Crippen LogP contribution in [0.4, 0.5) is 11.5 Å². The number of hydrogen-bond donors (Lipinski definition) is 1. The molecule has 0 spiro atoms. The average Bonchev–Trinajstić information content (AvgIpc) is 2.56. The summed E-state index contributed by atoms with van der Waals surface area (Å²) in [4.78, 5) is 8.06. The second-order valence-corrected chi connectivity index (χ2v) is 4.30. The van der Waals surface area contributed by atoms with Gasteiger partial charge in [-0.2, -0.15) is 0 Å². The lowest BCUT2D eigenvalue weighted by Gasteiger charge is -2.04. The van der Waals surface area contributed by atoms with Crippen molar-refractivity contribution in [1.82, 2.24) is 9.97 Å². The SMILES string of the molecule is Oc1c(N=Nc2ccccc2)ncnc1-c1ccccc1. The molecule has 0 unspecified atom stereocenters. The van der Waals surface area contributed by atoms with Crippen molar-refractivity contribution in [2.24, 2.45) is 10.2 Å². The van der Waals surface area contributed by atoms with Gasteiger partial charge in [0.1, 0.15) is 12.0 Å². The highest BCUT2D eigenvalue weighted by molar-refractivity contribution is 5.70. The van der Waals surface area contributed by atoms with Gasteiger partial charge in [-0.25, -0.2) is 9.97 Å². The lowest BCUT2D eigenvalue weighted by Crippen LogP contribution is -1.86. The Hall–Kier alpha value is -3.08. The molecular weight excluding hydrogens is 264 g/mol. The highest BCUT2D eigenvalue weighted by Crippen LogP contribution is 2.33. The first kappa shape index (κ1) is 12.9. The van der Waals surface area contributed by atoms with Crippen LogP contribution in [0.5, 0.6) is 5.75 Å². The van der Waals surface area contributed by atoms with E-state index in [0.29, 0.717) is 11.4 Å². The van der Waals surface area contributed by atoms with Gasteiger partial charge in [0.15, 0.2) is 5.75 Å². The van der Waals surface area contributed by atoms with E-state index in [2.05, 4.69) is 20.2 Å². The molecule has 1 heterocycles. The normalized spacial score (nSPS) is 10.9. The van der Waals surface area contributed by atoms with Crippen LogP contribution in [0.2, 0.25) is 0 Å². The summed E-state index contributed by atoms with van der Waals surface area (Å²) in [5.74, 6) is 0.0658. The first-order valence-corrected chi connectivity index (χ1v) is 6.41. The molecule has 0 radical (unpaired) electrons. The summed E-state index contributed by atoms with van der Waals surface area (Å²) in [6.45, 7) is 0. The third-order valence-electron chi connectivity index (χ3n) is 2.87.